The molecule has 2 rings (SSSR count). The Hall–Kier alpha value is -1.47. The van der Waals surface area contributed by atoms with Crippen molar-refractivity contribution < 1.29 is 33.3 Å². The molecule has 0 unspecified atom stereocenters. The zero-order valence-electron chi connectivity index (χ0n) is 13.6. The number of hydrogen-bond acceptors (Lipinski definition) is 7. The van der Waals surface area contributed by atoms with Gasteiger partial charge >= 0.3 is 11.9 Å². The number of carbonyl (C=O) groups excluding carboxylic acids is 3. The van der Waals surface area contributed by atoms with E-state index in [0.29, 0.717) is 0 Å². The molecule has 0 aromatic heterocycles. The normalized spacial score (nSPS) is 34.4. The highest BCUT2D eigenvalue weighted by molar-refractivity contribution is 6.12. The molecule has 0 saturated carbocycles. The molecule has 2 heterocycles. The highest BCUT2D eigenvalue weighted by Crippen LogP contribution is 2.46. The van der Waals surface area contributed by atoms with E-state index in [1.54, 1.807) is 34.6 Å². The Labute approximate surface area is 129 Å². The van der Waals surface area contributed by atoms with Gasteiger partial charge in [-0.05, 0) is 34.6 Å². The van der Waals surface area contributed by atoms with Gasteiger partial charge in [-0.15, -0.1) is 0 Å². The molecule has 22 heavy (non-hydrogen) atoms. The summed E-state index contributed by atoms with van der Waals surface area (Å²) in [6, 6.07) is 0. The first-order chi connectivity index (χ1) is 10.0. The average molecular weight is 314 g/mol. The van der Waals surface area contributed by atoms with Crippen molar-refractivity contribution in [2.24, 2.45) is 0 Å². The number of hydrogen-bond donors (Lipinski definition) is 0. The molecule has 7 nitrogen and oxygen atoms in total. The van der Waals surface area contributed by atoms with Crippen LogP contribution in [0.2, 0.25) is 0 Å². The molecule has 2 fully saturated rings. The van der Waals surface area contributed by atoms with Crippen LogP contribution in [0.5, 0.6) is 0 Å². The van der Waals surface area contributed by atoms with Crippen LogP contribution in [-0.2, 0) is 33.3 Å². The summed E-state index contributed by atoms with van der Waals surface area (Å²) in [6.07, 6.45) is -1.10. The smallest absolute Gasteiger partial charge is 0.349 e. The van der Waals surface area contributed by atoms with Crippen LogP contribution in [0.15, 0.2) is 0 Å². The van der Waals surface area contributed by atoms with E-state index in [9.17, 15) is 14.4 Å². The molecule has 0 aromatic rings. The fraction of sp³-hybridized carbons (Fsp3) is 0.800. The van der Waals surface area contributed by atoms with Crippen molar-refractivity contribution in [3.05, 3.63) is 0 Å². The molecule has 124 valence electrons. The first-order valence-corrected chi connectivity index (χ1v) is 7.35. The predicted octanol–water partition coefficient (Wildman–Crippen LogP) is 1.12. The summed E-state index contributed by atoms with van der Waals surface area (Å²) in [5, 5.41) is 0. The second-order valence-corrected chi connectivity index (χ2v) is 6.65. The Kier molecular flexibility index (Phi) is 4.08. The molecule has 0 aromatic carbocycles. The highest BCUT2D eigenvalue weighted by Gasteiger charge is 2.70. The Morgan fingerprint density at radius 1 is 1.36 bits per heavy atom. The van der Waals surface area contributed by atoms with Crippen molar-refractivity contribution in [3.63, 3.8) is 0 Å². The van der Waals surface area contributed by atoms with Crippen molar-refractivity contribution in [3.8, 4) is 0 Å². The number of esters is 2. The summed E-state index contributed by atoms with van der Waals surface area (Å²) in [6.45, 7) is 8.33. The number of Topliss-reactive ketones (excluding diaryl/α,β-unsaturated/α-hetero) is 1. The van der Waals surface area contributed by atoms with E-state index >= 15 is 0 Å². The third-order valence-electron chi connectivity index (χ3n) is 3.53. The van der Waals surface area contributed by atoms with Gasteiger partial charge in [0.15, 0.2) is 11.6 Å². The van der Waals surface area contributed by atoms with Crippen LogP contribution < -0.4 is 0 Å². The summed E-state index contributed by atoms with van der Waals surface area (Å²) in [4.78, 5) is 37.2. The fourth-order valence-electron chi connectivity index (χ4n) is 2.66. The van der Waals surface area contributed by atoms with E-state index in [1.165, 1.54) is 0 Å². The van der Waals surface area contributed by atoms with Crippen molar-refractivity contribution >= 4 is 17.7 Å². The molecule has 0 N–H and O–H groups in total. The minimum atomic E-state index is -2.06. The van der Waals surface area contributed by atoms with Crippen molar-refractivity contribution in [1.29, 1.82) is 0 Å². The van der Waals surface area contributed by atoms with Crippen LogP contribution in [0.1, 0.15) is 47.5 Å². The second-order valence-electron chi connectivity index (χ2n) is 6.65. The Balaban J connectivity index is 2.40. The van der Waals surface area contributed by atoms with Gasteiger partial charge in [0.2, 0.25) is 6.10 Å². The van der Waals surface area contributed by atoms with Crippen LogP contribution in [0.25, 0.3) is 0 Å². The lowest BCUT2D eigenvalue weighted by atomic mass is 9.87. The molecular formula is C15H22O7. The summed E-state index contributed by atoms with van der Waals surface area (Å²) in [7, 11) is 0. The highest BCUT2D eigenvalue weighted by atomic mass is 16.8. The lowest BCUT2D eigenvalue weighted by Crippen LogP contribution is -2.60. The zero-order chi connectivity index (χ0) is 16.8. The molecule has 2 saturated heterocycles. The summed E-state index contributed by atoms with van der Waals surface area (Å²) in [5.41, 5.74) is -2.84. The van der Waals surface area contributed by atoms with Crippen LogP contribution >= 0.6 is 0 Å². The number of fused-ring (bicyclic) bond motifs is 2. The molecular weight excluding hydrogens is 292 g/mol. The maximum Gasteiger partial charge on any atom is 0.349 e. The third kappa shape index (κ3) is 2.75. The van der Waals surface area contributed by atoms with Gasteiger partial charge in [0, 0.05) is 12.8 Å². The van der Waals surface area contributed by atoms with Crippen molar-refractivity contribution in [2.75, 3.05) is 6.61 Å². The van der Waals surface area contributed by atoms with E-state index in [0.717, 1.165) is 0 Å². The van der Waals surface area contributed by atoms with Crippen LogP contribution in [0.4, 0.5) is 0 Å². The second kappa shape index (κ2) is 5.31. The van der Waals surface area contributed by atoms with Crippen molar-refractivity contribution in [1.82, 2.24) is 0 Å². The van der Waals surface area contributed by atoms with Gasteiger partial charge in [-0.3, -0.25) is 4.79 Å². The molecule has 2 bridgehead atoms. The standard InChI is InChI=1S/C15H22O7/c1-6-19-12(18)15-9(16)7-8-14(5,22-15)20-10(15)11(17)21-13(2,3)4/h10H,6-8H2,1-5H3/t10-,14-,15+/m1/s1. The summed E-state index contributed by atoms with van der Waals surface area (Å²) < 4.78 is 21.4. The summed E-state index contributed by atoms with van der Waals surface area (Å²) in [5.74, 6) is -3.40. The molecule has 0 radical (unpaired) electrons. The van der Waals surface area contributed by atoms with E-state index in [-0.39, 0.29) is 19.4 Å². The number of ketones is 1. The zero-order valence-corrected chi connectivity index (χ0v) is 13.6. The predicted molar refractivity (Wildman–Crippen MR) is 73.8 cm³/mol. The summed E-state index contributed by atoms with van der Waals surface area (Å²) >= 11 is 0. The van der Waals surface area contributed by atoms with Gasteiger partial charge in [0.05, 0.1) is 6.61 Å². The quantitative estimate of drug-likeness (QED) is 0.570. The maximum absolute atomic E-state index is 12.4. The van der Waals surface area contributed by atoms with Gasteiger partial charge in [0.1, 0.15) is 5.60 Å². The van der Waals surface area contributed by atoms with Crippen LogP contribution in [-0.4, -0.2) is 47.4 Å². The minimum Gasteiger partial charge on any atom is -0.463 e. The Morgan fingerprint density at radius 2 is 2.00 bits per heavy atom. The molecule has 0 amide bonds. The largest absolute Gasteiger partial charge is 0.463 e. The van der Waals surface area contributed by atoms with Gasteiger partial charge in [-0.1, -0.05) is 0 Å². The molecule has 2 aliphatic rings. The first kappa shape index (κ1) is 16.9. The van der Waals surface area contributed by atoms with E-state index in [1.807, 2.05) is 0 Å². The molecule has 0 spiro atoms. The first-order valence-electron chi connectivity index (χ1n) is 7.35. The Bertz CT molecular complexity index is 507. The van der Waals surface area contributed by atoms with Gasteiger partial charge < -0.3 is 18.9 Å². The fourth-order valence-corrected chi connectivity index (χ4v) is 2.66. The lowest BCUT2D eigenvalue weighted by Gasteiger charge is -2.33. The van der Waals surface area contributed by atoms with Gasteiger partial charge in [-0.25, -0.2) is 9.59 Å². The molecule has 3 atom stereocenters. The maximum atomic E-state index is 12.4. The van der Waals surface area contributed by atoms with Crippen LogP contribution in [0.3, 0.4) is 0 Å². The number of rotatable bonds is 3. The number of ether oxygens (including phenoxy) is 4. The van der Waals surface area contributed by atoms with E-state index in [2.05, 4.69) is 0 Å². The topological polar surface area (TPSA) is 88.1 Å². The lowest BCUT2D eigenvalue weighted by molar-refractivity contribution is -0.211. The van der Waals surface area contributed by atoms with Gasteiger partial charge in [-0.2, -0.15) is 0 Å². The monoisotopic (exact) mass is 314 g/mol. The minimum absolute atomic E-state index is 0.0645. The molecule has 7 heteroatoms. The number of carbonyl (C=O) groups is 3. The SMILES string of the molecule is CCOC(=O)[C@]12O[C@](C)(CCC1=O)O[C@@H]2C(=O)OC(C)(C)C. The van der Waals surface area contributed by atoms with Gasteiger partial charge in [0.25, 0.3) is 5.60 Å². The molecule has 0 aliphatic carbocycles. The van der Waals surface area contributed by atoms with E-state index < -0.39 is 40.8 Å². The van der Waals surface area contributed by atoms with Crippen molar-refractivity contribution in [2.45, 2.75) is 70.6 Å². The van der Waals surface area contributed by atoms with E-state index in [4.69, 9.17) is 18.9 Å². The van der Waals surface area contributed by atoms with Crippen LogP contribution in [0, 0.1) is 0 Å². The third-order valence-corrected chi connectivity index (χ3v) is 3.53. The Morgan fingerprint density at radius 3 is 2.55 bits per heavy atom. The molecule has 2 aliphatic heterocycles. The average Bonchev–Trinajstić information content (AvgIpc) is 2.65.